The van der Waals surface area contributed by atoms with Gasteiger partial charge in [0.2, 0.25) is 0 Å². The molecule has 4 atom stereocenters. The quantitative estimate of drug-likeness (QED) is 0.459. The van der Waals surface area contributed by atoms with Crippen molar-refractivity contribution in [3.63, 3.8) is 0 Å². The lowest BCUT2D eigenvalue weighted by molar-refractivity contribution is -0.311. The highest BCUT2D eigenvalue weighted by atomic mass is 16.4. The molecule has 0 fully saturated rings. The molecule has 142 valence electrons. The number of hydrogen-bond donors (Lipinski definition) is 0. The molecule has 0 aliphatic rings. The van der Waals surface area contributed by atoms with Crippen LogP contribution in [0.2, 0.25) is 0 Å². The molecule has 0 aromatic carbocycles. The summed E-state index contributed by atoms with van der Waals surface area (Å²) >= 11 is 0. The Bertz CT molecular complexity index is 354. The van der Waals surface area contributed by atoms with Crippen molar-refractivity contribution in [1.82, 2.24) is 0 Å². The third-order valence-electron chi connectivity index (χ3n) is 5.04. The van der Waals surface area contributed by atoms with Gasteiger partial charge in [-0.15, -0.1) is 0 Å². The summed E-state index contributed by atoms with van der Waals surface area (Å²) in [5.41, 5.74) is 0. The lowest BCUT2D eigenvalue weighted by atomic mass is 9.90. The summed E-state index contributed by atoms with van der Waals surface area (Å²) in [5.74, 6) is -0.675. The fourth-order valence-electron chi connectivity index (χ4n) is 3.20. The molecular formula is C20H36O4-2. The van der Waals surface area contributed by atoms with Crippen LogP contribution in [0.5, 0.6) is 0 Å². The summed E-state index contributed by atoms with van der Waals surface area (Å²) < 4.78 is 0. The van der Waals surface area contributed by atoms with Gasteiger partial charge in [-0.25, -0.2) is 0 Å². The zero-order valence-corrected chi connectivity index (χ0v) is 16.0. The molecular weight excluding hydrogens is 304 g/mol. The van der Waals surface area contributed by atoms with Gasteiger partial charge in [-0.1, -0.05) is 79.1 Å². The fourth-order valence-corrected chi connectivity index (χ4v) is 3.20. The van der Waals surface area contributed by atoms with Crippen molar-refractivity contribution in [2.45, 2.75) is 91.9 Å². The van der Waals surface area contributed by atoms with E-state index < -0.39 is 11.9 Å². The molecule has 0 aliphatic heterocycles. The molecule has 0 saturated heterocycles. The van der Waals surface area contributed by atoms with Crippen LogP contribution in [0.1, 0.15) is 91.9 Å². The molecule has 0 aliphatic carbocycles. The highest BCUT2D eigenvalue weighted by Gasteiger charge is 2.09. The lowest BCUT2D eigenvalue weighted by Gasteiger charge is -2.17. The van der Waals surface area contributed by atoms with Crippen LogP contribution in [0.25, 0.3) is 0 Å². The first-order chi connectivity index (χ1) is 11.2. The topological polar surface area (TPSA) is 80.3 Å². The molecule has 0 N–H and O–H groups in total. The average molecular weight is 341 g/mol. The number of carbonyl (C=O) groups is 2. The summed E-state index contributed by atoms with van der Waals surface area (Å²) in [6.45, 7) is 8.21. The third kappa shape index (κ3) is 13.4. The minimum absolute atomic E-state index is 0.169. The Morgan fingerprint density at radius 1 is 0.667 bits per heavy atom. The Morgan fingerprint density at radius 3 is 1.42 bits per heavy atom. The van der Waals surface area contributed by atoms with E-state index in [1.807, 2.05) is 6.92 Å². The molecule has 0 spiro atoms. The number of hydrogen-bond acceptors (Lipinski definition) is 4. The van der Waals surface area contributed by atoms with Crippen LogP contribution in [0.4, 0.5) is 0 Å². The zero-order valence-electron chi connectivity index (χ0n) is 16.0. The Kier molecular flexibility index (Phi) is 12.7. The molecule has 0 rings (SSSR count). The zero-order chi connectivity index (χ0) is 18.5. The van der Waals surface area contributed by atoms with E-state index >= 15 is 0 Å². The first kappa shape index (κ1) is 22.9. The standard InChI is InChI=1S/C20H38O4/c1-15(10-6-12-17(3)14-19(21)22)8-5-9-16(2)11-7-13-18(4)20(23)24/h15-18H,5-14H2,1-4H3,(H,21,22)(H,23,24)/p-2. The Balaban J connectivity index is 3.61. The molecule has 0 radical (unpaired) electrons. The molecule has 0 saturated carbocycles. The Morgan fingerprint density at radius 2 is 1.04 bits per heavy atom. The second-order valence-corrected chi connectivity index (χ2v) is 7.90. The van der Waals surface area contributed by atoms with Gasteiger partial charge in [0.25, 0.3) is 0 Å². The lowest BCUT2D eigenvalue weighted by Crippen LogP contribution is -2.29. The summed E-state index contributed by atoms with van der Waals surface area (Å²) in [5, 5.41) is 21.2. The predicted octanol–water partition coefficient (Wildman–Crippen LogP) is 2.93. The van der Waals surface area contributed by atoms with Gasteiger partial charge in [-0.05, 0) is 36.5 Å². The van der Waals surface area contributed by atoms with E-state index in [4.69, 9.17) is 0 Å². The highest BCUT2D eigenvalue weighted by Crippen LogP contribution is 2.22. The molecule has 0 amide bonds. The number of carboxylic acids is 2. The maximum atomic E-state index is 10.7. The van der Waals surface area contributed by atoms with Crippen molar-refractivity contribution < 1.29 is 19.8 Å². The monoisotopic (exact) mass is 340 g/mol. The van der Waals surface area contributed by atoms with E-state index in [1.165, 1.54) is 19.3 Å². The number of aliphatic carboxylic acids is 2. The minimum Gasteiger partial charge on any atom is -0.550 e. The van der Waals surface area contributed by atoms with Gasteiger partial charge in [0.05, 0.1) is 0 Å². The molecule has 4 unspecified atom stereocenters. The maximum Gasteiger partial charge on any atom is 0.0442 e. The van der Waals surface area contributed by atoms with Crippen molar-refractivity contribution in [2.24, 2.45) is 23.7 Å². The second kappa shape index (κ2) is 13.3. The van der Waals surface area contributed by atoms with Crippen LogP contribution in [0.3, 0.4) is 0 Å². The van der Waals surface area contributed by atoms with Crippen LogP contribution in [-0.4, -0.2) is 11.9 Å². The van der Waals surface area contributed by atoms with E-state index in [0.717, 1.165) is 32.1 Å². The molecule has 0 aromatic rings. The molecule has 0 bridgehead atoms. The van der Waals surface area contributed by atoms with Gasteiger partial charge in [-0.3, -0.25) is 0 Å². The Labute approximate surface area is 148 Å². The highest BCUT2D eigenvalue weighted by molar-refractivity contribution is 5.66. The number of carboxylic acid groups (broad SMARTS) is 2. The molecule has 4 nitrogen and oxygen atoms in total. The average Bonchev–Trinajstić information content (AvgIpc) is 2.46. The second-order valence-electron chi connectivity index (χ2n) is 7.90. The SMILES string of the molecule is CC(CCCC(C)CCCC(C)C(=O)[O-])CCCC(C)CC(=O)[O-]. The first-order valence-corrected chi connectivity index (χ1v) is 9.63. The fraction of sp³-hybridized carbons (Fsp3) is 0.900. The van der Waals surface area contributed by atoms with Crippen LogP contribution in [0, 0.1) is 23.7 Å². The predicted molar refractivity (Wildman–Crippen MR) is 92.8 cm³/mol. The third-order valence-corrected chi connectivity index (χ3v) is 5.04. The van der Waals surface area contributed by atoms with Gasteiger partial charge >= 0.3 is 0 Å². The molecule has 0 heterocycles. The van der Waals surface area contributed by atoms with E-state index in [1.54, 1.807) is 6.92 Å². The summed E-state index contributed by atoms with van der Waals surface area (Å²) in [7, 11) is 0. The van der Waals surface area contributed by atoms with Crippen molar-refractivity contribution in [1.29, 1.82) is 0 Å². The molecule has 24 heavy (non-hydrogen) atoms. The van der Waals surface area contributed by atoms with Gasteiger partial charge in [0.15, 0.2) is 0 Å². The smallest absolute Gasteiger partial charge is 0.0442 e. The number of carbonyl (C=O) groups excluding carboxylic acids is 2. The van der Waals surface area contributed by atoms with Crippen LogP contribution < -0.4 is 10.2 Å². The van der Waals surface area contributed by atoms with E-state index in [9.17, 15) is 19.8 Å². The van der Waals surface area contributed by atoms with Crippen LogP contribution in [-0.2, 0) is 9.59 Å². The number of rotatable bonds is 15. The van der Waals surface area contributed by atoms with Crippen LogP contribution >= 0.6 is 0 Å². The van der Waals surface area contributed by atoms with Crippen molar-refractivity contribution in [3.8, 4) is 0 Å². The van der Waals surface area contributed by atoms with Crippen molar-refractivity contribution in [2.75, 3.05) is 0 Å². The van der Waals surface area contributed by atoms with Gasteiger partial charge < -0.3 is 19.8 Å². The Hall–Kier alpha value is -1.06. The first-order valence-electron chi connectivity index (χ1n) is 9.63. The van der Waals surface area contributed by atoms with Gasteiger partial charge in [0, 0.05) is 11.9 Å². The van der Waals surface area contributed by atoms with E-state index in [0.29, 0.717) is 18.3 Å². The van der Waals surface area contributed by atoms with Crippen LogP contribution in [0.15, 0.2) is 0 Å². The largest absolute Gasteiger partial charge is 0.550 e. The summed E-state index contributed by atoms with van der Waals surface area (Å²) in [6.07, 6.45) is 9.78. The van der Waals surface area contributed by atoms with Gasteiger partial charge in [0.1, 0.15) is 0 Å². The molecule has 0 aromatic heterocycles. The van der Waals surface area contributed by atoms with E-state index in [-0.39, 0.29) is 18.3 Å². The molecule has 4 heteroatoms. The van der Waals surface area contributed by atoms with Crippen molar-refractivity contribution in [3.05, 3.63) is 0 Å². The minimum atomic E-state index is -0.946. The normalized spacial score (nSPS) is 16.3. The van der Waals surface area contributed by atoms with Gasteiger partial charge in [-0.2, -0.15) is 0 Å². The maximum absolute atomic E-state index is 10.7. The van der Waals surface area contributed by atoms with Crippen molar-refractivity contribution >= 4 is 11.9 Å². The van der Waals surface area contributed by atoms with E-state index in [2.05, 4.69) is 13.8 Å². The summed E-state index contributed by atoms with van der Waals surface area (Å²) in [4.78, 5) is 21.2. The summed E-state index contributed by atoms with van der Waals surface area (Å²) in [6, 6.07) is 0.